The maximum Gasteiger partial charge on any atom is 0.167 e. The Bertz CT molecular complexity index is 991. The number of anilines is 1. The van der Waals surface area contributed by atoms with E-state index in [1.807, 2.05) is 29.8 Å². The first-order chi connectivity index (χ1) is 12.5. The van der Waals surface area contributed by atoms with E-state index in [0.717, 1.165) is 28.4 Å². The fourth-order valence-corrected chi connectivity index (χ4v) is 3.81. The summed E-state index contributed by atoms with van der Waals surface area (Å²) in [6.45, 7) is 6.28. The molecule has 26 heavy (non-hydrogen) atoms. The molecule has 0 spiro atoms. The molecule has 2 aromatic carbocycles. The molecule has 0 saturated heterocycles. The number of aryl methyl sites for hydroxylation is 3. The standard InChI is InChI=1S/C21H23N3O2/c1-12-9-13(2)19-16(10-12)17-11-14(3)23-24(17)21(22-19)15-7-6-8-18(25-4)20(15)26-5/h6-11,21-22H,1-5H3/t21-/m0/s1. The second kappa shape index (κ2) is 6.09. The Morgan fingerprint density at radius 3 is 2.58 bits per heavy atom. The van der Waals surface area contributed by atoms with Gasteiger partial charge in [-0.25, -0.2) is 4.68 Å². The van der Waals surface area contributed by atoms with E-state index in [4.69, 9.17) is 14.6 Å². The highest BCUT2D eigenvalue weighted by Crippen LogP contribution is 2.44. The van der Waals surface area contributed by atoms with Crippen LogP contribution in [0.15, 0.2) is 36.4 Å². The van der Waals surface area contributed by atoms with Crippen LogP contribution in [-0.2, 0) is 0 Å². The summed E-state index contributed by atoms with van der Waals surface area (Å²) in [5, 5.41) is 8.43. The molecule has 1 aliphatic rings. The second-order valence-electron chi connectivity index (χ2n) is 6.75. The molecule has 4 rings (SSSR count). The van der Waals surface area contributed by atoms with Crippen molar-refractivity contribution in [2.24, 2.45) is 0 Å². The summed E-state index contributed by atoms with van der Waals surface area (Å²) in [5.41, 5.74) is 7.86. The highest BCUT2D eigenvalue weighted by atomic mass is 16.5. The molecule has 2 heterocycles. The maximum absolute atomic E-state index is 5.67. The van der Waals surface area contributed by atoms with Crippen LogP contribution in [0.4, 0.5) is 5.69 Å². The molecule has 0 unspecified atom stereocenters. The van der Waals surface area contributed by atoms with Crippen LogP contribution in [-0.4, -0.2) is 24.0 Å². The van der Waals surface area contributed by atoms with Gasteiger partial charge < -0.3 is 14.8 Å². The van der Waals surface area contributed by atoms with Crippen LogP contribution in [0.3, 0.4) is 0 Å². The first-order valence-electron chi connectivity index (χ1n) is 8.68. The topological polar surface area (TPSA) is 48.3 Å². The summed E-state index contributed by atoms with van der Waals surface area (Å²) in [5.74, 6) is 1.43. The number of benzene rings is 2. The maximum atomic E-state index is 5.67. The van der Waals surface area contributed by atoms with Gasteiger partial charge in [0.1, 0.15) is 0 Å². The highest BCUT2D eigenvalue weighted by Gasteiger charge is 2.30. The van der Waals surface area contributed by atoms with E-state index >= 15 is 0 Å². The number of hydrogen-bond acceptors (Lipinski definition) is 4. The van der Waals surface area contributed by atoms with Crippen molar-refractivity contribution in [2.45, 2.75) is 26.9 Å². The molecule has 1 N–H and O–H groups in total. The molecule has 1 atom stereocenters. The first-order valence-corrected chi connectivity index (χ1v) is 8.68. The molecule has 1 aliphatic heterocycles. The Morgan fingerprint density at radius 1 is 1.04 bits per heavy atom. The van der Waals surface area contributed by atoms with Gasteiger partial charge in [0.15, 0.2) is 17.7 Å². The van der Waals surface area contributed by atoms with Gasteiger partial charge in [0.25, 0.3) is 0 Å². The summed E-state index contributed by atoms with van der Waals surface area (Å²) >= 11 is 0. The minimum atomic E-state index is -0.169. The van der Waals surface area contributed by atoms with Gasteiger partial charge in [0, 0.05) is 16.8 Å². The van der Waals surface area contributed by atoms with Crippen molar-refractivity contribution < 1.29 is 9.47 Å². The Morgan fingerprint density at radius 2 is 1.85 bits per heavy atom. The van der Waals surface area contributed by atoms with Crippen molar-refractivity contribution in [1.29, 1.82) is 0 Å². The minimum Gasteiger partial charge on any atom is -0.493 e. The number of para-hydroxylation sites is 1. The number of rotatable bonds is 3. The molecule has 0 saturated carbocycles. The number of hydrogen-bond donors (Lipinski definition) is 1. The number of aromatic nitrogens is 2. The fourth-order valence-electron chi connectivity index (χ4n) is 3.81. The number of fused-ring (bicyclic) bond motifs is 3. The molecule has 0 radical (unpaired) electrons. The predicted octanol–water partition coefficient (Wildman–Crippen LogP) is 4.46. The Hall–Kier alpha value is -2.95. The van der Waals surface area contributed by atoms with E-state index in [9.17, 15) is 0 Å². The molecule has 0 bridgehead atoms. The van der Waals surface area contributed by atoms with Crippen LogP contribution in [0.25, 0.3) is 11.3 Å². The van der Waals surface area contributed by atoms with Crippen molar-refractivity contribution in [1.82, 2.24) is 9.78 Å². The quantitative estimate of drug-likeness (QED) is 0.758. The SMILES string of the molecule is COc1cccc([C@H]2Nc3c(C)cc(C)cc3-c3cc(C)nn32)c1OC. The lowest BCUT2D eigenvalue weighted by Gasteiger charge is -2.31. The highest BCUT2D eigenvalue weighted by molar-refractivity contribution is 5.82. The normalized spacial score (nSPS) is 15.0. The van der Waals surface area contributed by atoms with E-state index in [0.29, 0.717) is 5.75 Å². The summed E-state index contributed by atoms with van der Waals surface area (Å²) in [7, 11) is 3.32. The molecular weight excluding hydrogens is 326 g/mol. The smallest absolute Gasteiger partial charge is 0.167 e. The van der Waals surface area contributed by atoms with Crippen molar-refractivity contribution in [3.05, 3.63) is 58.8 Å². The van der Waals surface area contributed by atoms with Gasteiger partial charge in [-0.05, 0) is 44.5 Å². The third kappa shape index (κ3) is 2.43. The van der Waals surface area contributed by atoms with Crippen LogP contribution in [0.2, 0.25) is 0 Å². The minimum absolute atomic E-state index is 0.169. The van der Waals surface area contributed by atoms with Crippen molar-refractivity contribution in [3.63, 3.8) is 0 Å². The van der Waals surface area contributed by atoms with E-state index in [2.05, 4.69) is 37.4 Å². The number of nitrogens with zero attached hydrogens (tertiary/aromatic N) is 2. The van der Waals surface area contributed by atoms with Gasteiger partial charge in [-0.15, -0.1) is 0 Å². The Balaban J connectivity index is 1.96. The zero-order chi connectivity index (χ0) is 18.4. The predicted molar refractivity (Wildman–Crippen MR) is 103 cm³/mol. The molecule has 5 nitrogen and oxygen atoms in total. The van der Waals surface area contributed by atoms with E-state index < -0.39 is 0 Å². The lowest BCUT2D eigenvalue weighted by atomic mass is 9.98. The van der Waals surface area contributed by atoms with Crippen LogP contribution in [0, 0.1) is 20.8 Å². The van der Waals surface area contributed by atoms with E-state index in [-0.39, 0.29) is 6.17 Å². The average molecular weight is 349 g/mol. The largest absolute Gasteiger partial charge is 0.493 e. The lowest BCUT2D eigenvalue weighted by Crippen LogP contribution is -2.26. The molecule has 0 fully saturated rings. The Kier molecular flexibility index (Phi) is 3.87. The van der Waals surface area contributed by atoms with Gasteiger partial charge in [0.2, 0.25) is 0 Å². The van der Waals surface area contributed by atoms with Crippen molar-refractivity contribution in [2.75, 3.05) is 19.5 Å². The number of methoxy groups -OCH3 is 2. The summed E-state index contributed by atoms with van der Waals surface area (Å²) in [6.07, 6.45) is -0.169. The number of nitrogens with one attached hydrogen (secondary N) is 1. The fraction of sp³-hybridized carbons (Fsp3) is 0.286. The van der Waals surface area contributed by atoms with Gasteiger partial charge >= 0.3 is 0 Å². The second-order valence-corrected chi connectivity index (χ2v) is 6.75. The zero-order valence-corrected chi connectivity index (χ0v) is 15.8. The molecule has 0 aliphatic carbocycles. The summed E-state index contributed by atoms with van der Waals surface area (Å²) < 4.78 is 13.2. The lowest BCUT2D eigenvalue weighted by molar-refractivity contribution is 0.347. The monoisotopic (exact) mass is 349 g/mol. The van der Waals surface area contributed by atoms with Gasteiger partial charge in [-0.1, -0.05) is 23.8 Å². The van der Waals surface area contributed by atoms with Gasteiger partial charge in [0.05, 0.1) is 25.6 Å². The third-order valence-corrected chi connectivity index (χ3v) is 4.87. The summed E-state index contributed by atoms with van der Waals surface area (Å²) in [4.78, 5) is 0. The van der Waals surface area contributed by atoms with Crippen molar-refractivity contribution >= 4 is 5.69 Å². The third-order valence-electron chi connectivity index (χ3n) is 4.87. The molecular formula is C21H23N3O2. The van der Waals surface area contributed by atoms with Crippen LogP contribution in [0.5, 0.6) is 11.5 Å². The zero-order valence-electron chi connectivity index (χ0n) is 15.8. The number of ether oxygens (including phenoxy) is 2. The molecule has 134 valence electrons. The first kappa shape index (κ1) is 16.5. The van der Waals surface area contributed by atoms with Crippen LogP contribution < -0.4 is 14.8 Å². The van der Waals surface area contributed by atoms with Crippen molar-refractivity contribution in [3.8, 4) is 22.8 Å². The molecule has 5 heteroatoms. The molecule has 3 aromatic rings. The van der Waals surface area contributed by atoms with Gasteiger partial charge in [-0.3, -0.25) is 0 Å². The van der Waals surface area contributed by atoms with E-state index in [1.54, 1.807) is 14.2 Å². The van der Waals surface area contributed by atoms with Crippen LogP contribution >= 0.6 is 0 Å². The van der Waals surface area contributed by atoms with Gasteiger partial charge in [-0.2, -0.15) is 5.10 Å². The molecule has 0 amide bonds. The van der Waals surface area contributed by atoms with Crippen LogP contribution in [0.1, 0.15) is 28.6 Å². The molecule has 1 aromatic heterocycles. The average Bonchev–Trinajstić information content (AvgIpc) is 3.02. The van der Waals surface area contributed by atoms with E-state index in [1.165, 1.54) is 16.7 Å². The Labute approximate surface area is 153 Å². The summed E-state index contributed by atoms with van der Waals surface area (Å²) in [6, 6.07) is 12.5.